The van der Waals surface area contributed by atoms with Crippen LogP contribution in [0.2, 0.25) is 0 Å². The molecule has 6 nitrogen and oxygen atoms in total. The molecule has 1 aromatic heterocycles. The average Bonchev–Trinajstić information content (AvgIpc) is 3.10. The number of nitrogens with zero attached hydrogens (tertiary/aromatic N) is 4. The number of piperidine rings is 1. The van der Waals surface area contributed by atoms with Crippen LogP contribution in [0.25, 0.3) is 5.69 Å². The van der Waals surface area contributed by atoms with E-state index in [1.807, 2.05) is 6.92 Å². The Kier molecular flexibility index (Phi) is 4.99. The smallest absolute Gasteiger partial charge is 0.337 e. The van der Waals surface area contributed by atoms with E-state index < -0.39 is 11.7 Å². The maximum absolute atomic E-state index is 13.2. The summed E-state index contributed by atoms with van der Waals surface area (Å²) in [7, 11) is 0. The molecule has 26 heavy (non-hydrogen) atoms. The molecule has 0 aliphatic carbocycles. The first kappa shape index (κ1) is 18.4. The van der Waals surface area contributed by atoms with Gasteiger partial charge in [-0.3, -0.25) is 4.79 Å². The van der Waals surface area contributed by atoms with Crippen molar-refractivity contribution in [2.45, 2.75) is 32.0 Å². The zero-order valence-electron chi connectivity index (χ0n) is 14.3. The Morgan fingerprint density at radius 3 is 2.77 bits per heavy atom. The van der Waals surface area contributed by atoms with Crippen molar-refractivity contribution in [2.75, 3.05) is 13.1 Å². The van der Waals surface area contributed by atoms with E-state index in [1.165, 1.54) is 24.4 Å². The predicted molar refractivity (Wildman–Crippen MR) is 88.6 cm³/mol. The summed E-state index contributed by atoms with van der Waals surface area (Å²) < 4.78 is 40.5. The van der Waals surface area contributed by atoms with Gasteiger partial charge >= 0.3 is 6.18 Å². The molecule has 140 valence electrons. The molecule has 2 atom stereocenters. The van der Waals surface area contributed by atoms with Crippen LogP contribution in [0.15, 0.2) is 30.5 Å². The van der Waals surface area contributed by atoms with Crippen molar-refractivity contribution in [3.05, 3.63) is 41.7 Å². The van der Waals surface area contributed by atoms with Gasteiger partial charge in [-0.15, -0.1) is 5.10 Å². The number of halogens is 3. The van der Waals surface area contributed by atoms with Crippen LogP contribution in [0.5, 0.6) is 0 Å². The summed E-state index contributed by atoms with van der Waals surface area (Å²) in [5, 5.41) is 7.51. The van der Waals surface area contributed by atoms with Crippen molar-refractivity contribution < 1.29 is 18.0 Å². The van der Waals surface area contributed by atoms with Gasteiger partial charge in [-0.2, -0.15) is 13.2 Å². The molecule has 1 aliphatic heterocycles. The SMILES string of the molecule is CC(N)C1CCCN(C(=O)c2cn(-c3ccccc3C(F)(F)F)nn2)C1. The zero-order valence-corrected chi connectivity index (χ0v) is 14.3. The fraction of sp³-hybridized carbons (Fsp3) is 0.471. The van der Waals surface area contributed by atoms with Gasteiger partial charge in [0.1, 0.15) is 0 Å². The number of benzene rings is 1. The molecular formula is C17H20F3N5O. The molecule has 1 saturated heterocycles. The molecule has 9 heteroatoms. The number of aromatic nitrogens is 3. The molecule has 2 heterocycles. The molecule has 1 amide bonds. The summed E-state index contributed by atoms with van der Waals surface area (Å²) in [4.78, 5) is 14.3. The van der Waals surface area contributed by atoms with Gasteiger partial charge in [0.05, 0.1) is 17.4 Å². The Hall–Kier alpha value is -2.42. The Bertz CT molecular complexity index is 787. The summed E-state index contributed by atoms with van der Waals surface area (Å²) in [5.41, 5.74) is 4.95. The molecule has 1 aromatic carbocycles. The monoisotopic (exact) mass is 367 g/mol. The Morgan fingerprint density at radius 2 is 2.08 bits per heavy atom. The summed E-state index contributed by atoms with van der Waals surface area (Å²) >= 11 is 0. The molecule has 2 unspecified atom stereocenters. The van der Waals surface area contributed by atoms with Gasteiger partial charge in [-0.05, 0) is 37.8 Å². The number of rotatable bonds is 3. The standard InChI is InChI=1S/C17H20F3N5O/c1-11(21)12-5-4-8-24(9-12)16(26)14-10-25(23-22-14)15-7-3-2-6-13(15)17(18,19)20/h2-3,6-7,10-12H,4-5,8-9,21H2,1H3. The van der Waals surface area contributed by atoms with Crippen LogP contribution in [0.1, 0.15) is 35.8 Å². The summed E-state index contributed by atoms with van der Waals surface area (Å²) in [6.07, 6.45) is -1.50. The minimum atomic E-state index is -4.52. The highest BCUT2D eigenvalue weighted by molar-refractivity contribution is 5.92. The summed E-state index contributed by atoms with van der Waals surface area (Å²) in [5.74, 6) is -0.139. The third kappa shape index (κ3) is 3.72. The molecule has 0 bridgehead atoms. The molecule has 0 radical (unpaired) electrons. The van der Waals surface area contributed by atoms with Crippen LogP contribution in [0.4, 0.5) is 13.2 Å². The van der Waals surface area contributed by atoms with Gasteiger partial charge in [-0.1, -0.05) is 17.3 Å². The van der Waals surface area contributed by atoms with E-state index in [4.69, 9.17) is 5.73 Å². The van der Waals surface area contributed by atoms with E-state index in [1.54, 1.807) is 4.90 Å². The van der Waals surface area contributed by atoms with Gasteiger partial charge in [-0.25, -0.2) is 4.68 Å². The van der Waals surface area contributed by atoms with Gasteiger partial charge in [0.25, 0.3) is 5.91 Å². The normalized spacial score (nSPS) is 19.4. The van der Waals surface area contributed by atoms with E-state index in [9.17, 15) is 18.0 Å². The Morgan fingerprint density at radius 1 is 1.35 bits per heavy atom. The summed E-state index contributed by atoms with van der Waals surface area (Å²) in [6.45, 7) is 3.00. The van der Waals surface area contributed by atoms with E-state index in [0.717, 1.165) is 23.6 Å². The second kappa shape index (κ2) is 7.06. The fourth-order valence-electron chi connectivity index (χ4n) is 3.18. The minimum absolute atomic E-state index is 0.0207. The van der Waals surface area contributed by atoms with Gasteiger partial charge in [0, 0.05) is 19.1 Å². The third-order valence-corrected chi connectivity index (χ3v) is 4.66. The first-order valence-electron chi connectivity index (χ1n) is 8.41. The third-order valence-electron chi connectivity index (χ3n) is 4.66. The maximum atomic E-state index is 13.2. The van der Waals surface area contributed by atoms with Crippen molar-refractivity contribution in [3.63, 3.8) is 0 Å². The number of amides is 1. The number of hydrogen-bond donors (Lipinski definition) is 1. The van der Waals surface area contributed by atoms with E-state index >= 15 is 0 Å². The van der Waals surface area contributed by atoms with Crippen LogP contribution in [-0.4, -0.2) is 44.9 Å². The highest BCUT2D eigenvalue weighted by Gasteiger charge is 2.34. The second-order valence-corrected chi connectivity index (χ2v) is 6.58. The van der Waals surface area contributed by atoms with Crippen LogP contribution in [0.3, 0.4) is 0 Å². The van der Waals surface area contributed by atoms with E-state index in [2.05, 4.69) is 10.3 Å². The number of likely N-dealkylation sites (tertiary alicyclic amines) is 1. The van der Waals surface area contributed by atoms with Gasteiger partial charge in [0.2, 0.25) is 0 Å². The number of carbonyl (C=O) groups is 1. The number of para-hydroxylation sites is 1. The van der Waals surface area contributed by atoms with Crippen LogP contribution in [0, 0.1) is 5.92 Å². The zero-order chi connectivity index (χ0) is 18.9. The lowest BCUT2D eigenvalue weighted by Gasteiger charge is -2.34. The number of nitrogens with two attached hydrogens (primary N) is 1. The second-order valence-electron chi connectivity index (χ2n) is 6.58. The fourth-order valence-corrected chi connectivity index (χ4v) is 3.18. The number of alkyl halides is 3. The van der Waals surface area contributed by atoms with Crippen molar-refractivity contribution >= 4 is 5.91 Å². The number of hydrogen-bond acceptors (Lipinski definition) is 4. The van der Waals surface area contributed by atoms with Gasteiger partial charge < -0.3 is 10.6 Å². The lowest BCUT2D eigenvalue weighted by molar-refractivity contribution is -0.137. The lowest BCUT2D eigenvalue weighted by Crippen LogP contribution is -2.45. The molecule has 1 fully saturated rings. The molecule has 3 rings (SSSR count). The first-order chi connectivity index (χ1) is 12.3. The highest BCUT2D eigenvalue weighted by Crippen LogP contribution is 2.33. The minimum Gasteiger partial charge on any atom is -0.337 e. The van der Waals surface area contributed by atoms with Crippen molar-refractivity contribution in [3.8, 4) is 5.69 Å². The highest BCUT2D eigenvalue weighted by atomic mass is 19.4. The van der Waals surface area contributed by atoms with Gasteiger partial charge in [0.15, 0.2) is 5.69 Å². The molecule has 2 aromatic rings. The van der Waals surface area contributed by atoms with Crippen molar-refractivity contribution in [2.24, 2.45) is 11.7 Å². The quantitative estimate of drug-likeness (QED) is 0.904. The van der Waals surface area contributed by atoms with Crippen LogP contribution < -0.4 is 5.73 Å². The molecule has 0 spiro atoms. The molecule has 0 saturated carbocycles. The lowest BCUT2D eigenvalue weighted by atomic mass is 9.92. The van der Waals surface area contributed by atoms with Crippen LogP contribution >= 0.6 is 0 Å². The predicted octanol–water partition coefficient (Wildman–Crippen LogP) is 2.49. The van der Waals surface area contributed by atoms with E-state index in [0.29, 0.717) is 13.1 Å². The number of carbonyl (C=O) groups excluding carboxylic acids is 1. The largest absolute Gasteiger partial charge is 0.418 e. The Labute approximate surface area is 148 Å². The van der Waals surface area contributed by atoms with Crippen molar-refractivity contribution in [1.82, 2.24) is 19.9 Å². The molecular weight excluding hydrogens is 347 g/mol. The Balaban J connectivity index is 1.84. The first-order valence-corrected chi connectivity index (χ1v) is 8.41. The molecule has 2 N–H and O–H groups in total. The van der Waals surface area contributed by atoms with Crippen LogP contribution in [-0.2, 0) is 6.18 Å². The van der Waals surface area contributed by atoms with E-state index in [-0.39, 0.29) is 29.2 Å². The van der Waals surface area contributed by atoms with Crippen molar-refractivity contribution in [1.29, 1.82) is 0 Å². The molecule has 1 aliphatic rings. The average molecular weight is 367 g/mol. The maximum Gasteiger partial charge on any atom is 0.418 e. The summed E-state index contributed by atoms with van der Waals surface area (Å²) in [6, 6.07) is 5.01. The topological polar surface area (TPSA) is 77.0 Å².